The van der Waals surface area contributed by atoms with E-state index in [0.29, 0.717) is 23.7 Å². The minimum Gasteiger partial charge on any atom is -0.493 e. The van der Waals surface area contributed by atoms with Gasteiger partial charge in [0.05, 0.1) is 25.1 Å². The van der Waals surface area contributed by atoms with Gasteiger partial charge in [-0.05, 0) is 20.8 Å². The summed E-state index contributed by atoms with van der Waals surface area (Å²) in [5, 5.41) is 13.2. The molecule has 0 aliphatic heterocycles. The highest BCUT2D eigenvalue weighted by molar-refractivity contribution is 5.51. The fourth-order valence-corrected chi connectivity index (χ4v) is 2.32. The average Bonchev–Trinajstić information content (AvgIpc) is 2.81. The highest BCUT2D eigenvalue weighted by atomic mass is 16.5. The van der Waals surface area contributed by atoms with E-state index in [4.69, 9.17) is 9.47 Å². The van der Waals surface area contributed by atoms with E-state index >= 15 is 0 Å². The molecular formula is C14H22N4O3. The number of hydrogen-bond acceptors (Lipinski definition) is 6. The molecule has 0 fully saturated rings. The van der Waals surface area contributed by atoms with Crippen molar-refractivity contribution in [1.29, 1.82) is 0 Å². The highest BCUT2D eigenvalue weighted by Crippen LogP contribution is 2.26. The number of imidazole rings is 1. The molecule has 2 N–H and O–H groups in total. The van der Waals surface area contributed by atoms with Crippen molar-refractivity contribution in [3.05, 3.63) is 23.4 Å². The van der Waals surface area contributed by atoms with E-state index in [1.54, 1.807) is 24.9 Å². The molecule has 0 saturated heterocycles. The van der Waals surface area contributed by atoms with Crippen LogP contribution >= 0.6 is 0 Å². The van der Waals surface area contributed by atoms with E-state index in [0.717, 1.165) is 11.4 Å². The van der Waals surface area contributed by atoms with Crippen LogP contribution in [0, 0.1) is 6.92 Å². The smallest absolute Gasteiger partial charge is 0.164 e. The van der Waals surface area contributed by atoms with Gasteiger partial charge in [-0.2, -0.15) is 0 Å². The highest BCUT2D eigenvalue weighted by Gasteiger charge is 2.21. The second-order valence-corrected chi connectivity index (χ2v) is 5.16. The largest absolute Gasteiger partial charge is 0.493 e. The van der Waals surface area contributed by atoms with Crippen molar-refractivity contribution in [2.75, 3.05) is 14.2 Å². The van der Waals surface area contributed by atoms with Gasteiger partial charge >= 0.3 is 0 Å². The standard InChI is InChI=1S/C14H22N4O3/c1-8(2)16-14(19)11-13-17-9(3)12(21-5)10(6-20-4)18(13)7-15-11/h7-8,14,16,19H,6H2,1-5H3. The predicted molar refractivity (Wildman–Crippen MR) is 78.2 cm³/mol. The molecule has 0 aliphatic rings. The lowest BCUT2D eigenvalue weighted by Gasteiger charge is -2.16. The summed E-state index contributed by atoms with van der Waals surface area (Å²) in [4.78, 5) is 8.78. The van der Waals surface area contributed by atoms with Crippen LogP contribution in [0.5, 0.6) is 5.75 Å². The minimum atomic E-state index is -0.870. The van der Waals surface area contributed by atoms with Gasteiger partial charge in [0.25, 0.3) is 0 Å². The normalized spacial score (nSPS) is 13.1. The lowest BCUT2D eigenvalue weighted by molar-refractivity contribution is 0.126. The molecule has 0 bridgehead atoms. The third-order valence-corrected chi connectivity index (χ3v) is 3.16. The maximum Gasteiger partial charge on any atom is 0.164 e. The Hall–Kier alpha value is -1.70. The van der Waals surface area contributed by atoms with Crippen molar-refractivity contribution in [3.8, 4) is 5.75 Å². The Kier molecular flexibility index (Phi) is 4.76. The summed E-state index contributed by atoms with van der Waals surface area (Å²) in [6.07, 6.45) is 0.754. The molecule has 2 aromatic heterocycles. The van der Waals surface area contributed by atoms with Crippen molar-refractivity contribution in [3.63, 3.8) is 0 Å². The Morgan fingerprint density at radius 1 is 1.38 bits per heavy atom. The topological polar surface area (TPSA) is 80.9 Å². The molecule has 0 saturated carbocycles. The number of aliphatic hydroxyl groups is 1. The van der Waals surface area contributed by atoms with Crippen LogP contribution in [0.1, 0.15) is 37.2 Å². The summed E-state index contributed by atoms with van der Waals surface area (Å²) < 4.78 is 12.4. The molecule has 0 amide bonds. The first-order chi connectivity index (χ1) is 9.99. The number of hydrogen-bond donors (Lipinski definition) is 2. The summed E-state index contributed by atoms with van der Waals surface area (Å²) in [6, 6.07) is 0.134. The van der Waals surface area contributed by atoms with Crippen molar-refractivity contribution in [2.45, 2.75) is 39.6 Å². The van der Waals surface area contributed by atoms with E-state index in [9.17, 15) is 5.11 Å². The van der Waals surface area contributed by atoms with Crippen LogP contribution in [0.4, 0.5) is 0 Å². The summed E-state index contributed by atoms with van der Waals surface area (Å²) in [7, 11) is 3.22. The maximum atomic E-state index is 10.2. The molecule has 0 spiro atoms. The van der Waals surface area contributed by atoms with Crippen LogP contribution in [-0.4, -0.2) is 39.7 Å². The molecule has 21 heavy (non-hydrogen) atoms. The van der Waals surface area contributed by atoms with Crippen molar-refractivity contribution >= 4 is 5.65 Å². The molecule has 7 nitrogen and oxygen atoms in total. The van der Waals surface area contributed by atoms with Gasteiger partial charge in [0.2, 0.25) is 0 Å². The number of rotatable bonds is 6. The van der Waals surface area contributed by atoms with Gasteiger partial charge in [-0.15, -0.1) is 0 Å². The summed E-state index contributed by atoms with van der Waals surface area (Å²) >= 11 is 0. The van der Waals surface area contributed by atoms with E-state index in [-0.39, 0.29) is 6.04 Å². The molecule has 0 aliphatic carbocycles. The van der Waals surface area contributed by atoms with Crippen molar-refractivity contribution in [2.24, 2.45) is 0 Å². The first-order valence-corrected chi connectivity index (χ1v) is 6.83. The fourth-order valence-electron chi connectivity index (χ4n) is 2.32. The molecule has 116 valence electrons. The van der Waals surface area contributed by atoms with Gasteiger partial charge < -0.3 is 14.6 Å². The Bertz CT molecular complexity index is 624. The van der Waals surface area contributed by atoms with E-state index in [1.807, 2.05) is 20.8 Å². The number of nitrogens with zero attached hydrogens (tertiary/aromatic N) is 3. The molecule has 1 unspecified atom stereocenters. The van der Waals surface area contributed by atoms with Crippen LogP contribution in [0.25, 0.3) is 5.65 Å². The Morgan fingerprint density at radius 3 is 2.67 bits per heavy atom. The Labute approximate surface area is 123 Å². The van der Waals surface area contributed by atoms with E-state index in [1.165, 1.54) is 0 Å². The van der Waals surface area contributed by atoms with Gasteiger partial charge in [0.1, 0.15) is 12.0 Å². The molecule has 1 atom stereocenters. The monoisotopic (exact) mass is 294 g/mol. The van der Waals surface area contributed by atoms with Crippen LogP contribution in [0.3, 0.4) is 0 Å². The van der Waals surface area contributed by atoms with E-state index < -0.39 is 6.23 Å². The first kappa shape index (κ1) is 15.7. The van der Waals surface area contributed by atoms with Gasteiger partial charge in [0, 0.05) is 13.2 Å². The maximum absolute atomic E-state index is 10.2. The number of aliphatic hydroxyl groups excluding tert-OH is 1. The van der Waals surface area contributed by atoms with Gasteiger partial charge in [-0.1, -0.05) is 0 Å². The molecule has 2 heterocycles. The zero-order chi connectivity index (χ0) is 15.6. The number of aromatic nitrogens is 3. The van der Waals surface area contributed by atoms with Crippen LogP contribution in [-0.2, 0) is 11.3 Å². The number of nitrogens with one attached hydrogen (secondary N) is 1. The summed E-state index contributed by atoms with van der Waals surface area (Å²) in [5.74, 6) is 0.666. The molecule has 7 heteroatoms. The zero-order valence-electron chi connectivity index (χ0n) is 13.0. The van der Waals surface area contributed by atoms with Crippen molar-refractivity contribution in [1.82, 2.24) is 19.7 Å². The second-order valence-electron chi connectivity index (χ2n) is 5.16. The van der Waals surface area contributed by atoms with Crippen LogP contribution < -0.4 is 10.1 Å². The number of aryl methyl sites for hydroxylation is 1. The third kappa shape index (κ3) is 2.99. The minimum absolute atomic E-state index is 0.134. The summed E-state index contributed by atoms with van der Waals surface area (Å²) in [5.41, 5.74) is 2.64. The summed E-state index contributed by atoms with van der Waals surface area (Å²) in [6.45, 7) is 6.14. The van der Waals surface area contributed by atoms with Gasteiger partial charge in [-0.25, -0.2) is 9.97 Å². The van der Waals surface area contributed by atoms with Crippen molar-refractivity contribution < 1.29 is 14.6 Å². The lowest BCUT2D eigenvalue weighted by atomic mass is 10.2. The first-order valence-electron chi connectivity index (χ1n) is 6.83. The lowest BCUT2D eigenvalue weighted by Crippen LogP contribution is -2.28. The number of ether oxygens (including phenoxy) is 2. The zero-order valence-corrected chi connectivity index (χ0v) is 13.0. The number of fused-ring (bicyclic) bond motifs is 1. The second kappa shape index (κ2) is 6.38. The molecule has 0 radical (unpaired) electrons. The average molecular weight is 294 g/mol. The SMILES string of the molecule is COCc1c(OC)c(C)nc2c(C(O)NC(C)C)ncn12. The molecule has 0 aromatic carbocycles. The van der Waals surface area contributed by atoms with Gasteiger partial charge in [0.15, 0.2) is 17.6 Å². The molecular weight excluding hydrogens is 272 g/mol. The molecule has 2 rings (SSSR count). The Balaban J connectivity index is 2.58. The predicted octanol–water partition coefficient (Wildman–Crippen LogP) is 1.18. The van der Waals surface area contributed by atoms with Gasteiger partial charge in [-0.3, -0.25) is 9.72 Å². The van der Waals surface area contributed by atoms with Crippen LogP contribution in [0.15, 0.2) is 6.33 Å². The number of methoxy groups -OCH3 is 2. The van der Waals surface area contributed by atoms with E-state index in [2.05, 4.69) is 15.3 Å². The quantitative estimate of drug-likeness (QED) is 0.779. The fraction of sp³-hybridized carbons (Fsp3) is 0.571. The third-order valence-electron chi connectivity index (χ3n) is 3.16. The molecule has 2 aromatic rings. The Morgan fingerprint density at radius 2 is 2.10 bits per heavy atom. The van der Waals surface area contributed by atoms with Crippen LogP contribution in [0.2, 0.25) is 0 Å².